The van der Waals surface area contributed by atoms with Crippen molar-refractivity contribution in [3.63, 3.8) is 0 Å². The number of fused-ring (bicyclic) bond motifs is 2. The second-order valence-electron chi connectivity index (χ2n) is 8.01. The van der Waals surface area contributed by atoms with Crippen molar-refractivity contribution in [1.29, 1.82) is 0 Å². The van der Waals surface area contributed by atoms with Gasteiger partial charge >= 0.3 is 0 Å². The summed E-state index contributed by atoms with van der Waals surface area (Å²) in [5, 5.41) is 4.60. The Morgan fingerprint density at radius 3 is 1.18 bits per heavy atom. The predicted molar refractivity (Wildman–Crippen MR) is 119 cm³/mol. The Kier molecular flexibility index (Phi) is 4.21. The molecule has 8 heteroatoms. The summed E-state index contributed by atoms with van der Waals surface area (Å²) in [5.41, 5.74) is 5.08. The number of pyridine rings is 2. The van der Waals surface area contributed by atoms with E-state index in [-0.39, 0.29) is 23.6 Å². The van der Waals surface area contributed by atoms with Crippen molar-refractivity contribution in [2.75, 3.05) is 0 Å². The van der Waals surface area contributed by atoms with E-state index in [4.69, 9.17) is 0 Å². The highest BCUT2D eigenvalue weighted by Crippen LogP contribution is 2.20. The first-order valence-electron chi connectivity index (χ1n) is 10.5. The summed E-state index contributed by atoms with van der Waals surface area (Å²) < 4.78 is 3.75. The number of benzene rings is 2. The maximum absolute atomic E-state index is 11.9. The lowest BCUT2D eigenvalue weighted by atomic mass is 10.1. The lowest BCUT2D eigenvalue weighted by Gasteiger charge is -2.02. The number of imide groups is 2. The van der Waals surface area contributed by atoms with Gasteiger partial charge in [0.1, 0.15) is 0 Å². The van der Waals surface area contributed by atoms with Crippen molar-refractivity contribution >= 4 is 23.6 Å². The van der Waals surface area contributed by atoms with Crippen LogP contribution in [-0.2, 0) is 0 Å². The Balaban J connectivity index is 1.26. The van der Waals surface area contributed by atoms with Crippen LogP contribution in [0.25, 0.3) is 22.5 Å². The fraction of sp³-hybridized carbons (Fsp3) is 0. The van der Waals surface area contributed by atoms with Gasteiger partial charge in [-0.3, -0.25) is 29.8 Å². The number of hydrogen-bond acceptors (Lipinski definition) is 4. The Morgan fingerprint density at radius 1 is 0.441 bits per heavy atom. The zero-order valence-corrected chi connectivity index (χ0v) is 17.6. The normalized spacial score (nSPS) is 14.0. The fourth-order valence-corrected chi connectivity index (χ4v) is 4.22. The first-order valence-corrected chi connectivity index (χ1v) is 10.5. The van der Waals surface area contributed by atoms with Gasteiger partial charge in [-0.05, 0) is 23.3 Å². The molecule has 0 spiro atoms. The molecule has 0 aliphatic carbocycles. The molecule has 6 rings (SSSR count). The van der Waals surface area contributed by atoms with Crippen molar-refractivity contribution in [3.05, 3.63) is 108 Å². The second kappa shape index (κ2) is 7.28. The topological polar surface area (TPSA) is 100 Å². The monoisotopic (exact) mass is 448 g/mol. The van der Waals surface area contributed by atoms with Crippen LogP contribution in [0.4, 0.5) is 0 Å². The molecule has 2 aromatic heterocycles. The Labute approximate surface area is 193 Å². The van der Waals surface area contributed by atoms with E-state index >= 15 is 0 Å². The van der Waals surface area contributed by atoms with Gasteiger partial charge in [0.25, 0.3) is 23.6 Å². The van der Waals surface area contributed by atoms with Gasteiger partial charge in [-0.15, -0.1) is 0 Å². The molecule has 2 N–H and O–H groups in total. The van der Waals surface area contributed by atoms with Gasteiger partial charge in [0, 0.05) is 48.5 Å². The van der Waals surface area contributed by atoms with Crippen molar-refractivity contribution in [2.45, 2.75) is 0 Å². The number of amides is 4. The van der Waals surface area contributed by atoms with Gasteiger partial charge in [0.05, 0.1) is 22.3 Å². The van der Waals surface area contributed by atoms with Crippen LogP contribution in [0, 0.1) is 0 Å². The Morgan fingerprint density at radius 2 is 0.794 bits per heavy atom. The first kappa shape index (κ1) is 19.7. The number of nitrogens with zero attached hydrogens (tertiary/aromatic N) is 2. The molecule has 4 amide bonds. The van der Waals surface area contributed by atoms with Crippen LogP contribution in [0.3, 0.4) is 0 Å². The van der Waals surface area contributed by atoms with E-state index in [0.29, 0.717) is 22.3 Å². The minimum atomic E-state index is -0.382. The van der Waals surface area contributed by atoms with Crippen LogP contribution < -0.4 is 19.8 Å². The van der Waals surface area contributed by atoms with E-state index in [2.05, 4.69) is 10.6 Å². The molecule has 4 heterocycles. The predicted octanol–water partition coefficient (Wildman–Crippen LogP) is 1.67. The van der Waals surface area contributed by atoms with E-state index in [9.17, 15) is 19.2 Å². The molecule has 162 valence electrons. The minimum Gasteiger partial charge on any atom is -0.288 e. The Hall–Kier alpha value is -4.98. The fourth-order valence-electron chi connectivity index (χ4n) is 4.22. The van der Waals surface area contributed by atoms with Crippen molar-refractivity contribution < 1.29 is 28.3 Å². The van der Waals surface area contributed by atoms with Crippen LogP contribution in [0.15, 0.2) is 85.5 Å². The molecule has 0 fully saturated rings. The van der Waals surface area contributed by atoms with Crippen LogP contribution in [0.5, 0.6) is 0 Å². The van der Waals surface area contributed by atoms with Crippen LogP contribution in [0.1, 0.15) is 41.4 Å². The zero-order chi connectivity index (χ0) is 23.4. The number of hydrogen-bond donors (Lipinski definition) is 2. The molecule has 0 saturated heterocycles. The van der Waals surface area contributed by atoms with Crippen LogP contribution in [-0.4, -0.2) is 23.6 Å². The Bertz CT molecular complexity index is 1440. The molecule has 2 aromatic carbocycles. The number of nitrogens with one attached hydrogen (secondary N) is 2. The molecule has 0 saturated carbocycles. The van der Waals surface area contributed by atoms with Crippen LogP contribution in [0.2, 0.25) is 0 Å². The van der Waals surface area contributed by atoms with Crippen molar-refractivity contribution in [1.82, 2.24) is 10.6 Å². The molecule has 2 aliphatic rings. The summed E-state index contributed by atoms with van der Waals surface area (Å²) in [7, 11) is 0. The molecule has 8 nitrogen and oxygen atoms in total. The summed E-state index contributed by atoms with van der Waals surface area (Å²) in [6.45, 7) is 0. The van der Waals surface area contributed by atoms with Gasteiger partial charge in [-0.1, -0.05) is 0 Å². The largest absolute Gasteiger partial charge is 0.288 e. The molecule has 0 bridgehead atoms. The molecule has 0 unspecified atom stereocenters. The third-order valence-corrected chi connectivity index (χ3v) is 6.03. The summed E-state index contributed by atoms with van der Waals surface area (Å²) in [6, 6.07) is 18.1. The molecule has 0 atom stereocenters. The van der Waals surface area contributed by atoms with E-state index in [1.54, 1.807) is 36.4 Å². The lowest BCUT2D eigenvalue weighted by molar-refractivity contribution is -0.596. The molecular formula is C26H16N4O4+2. The van der Waals surface area contributed by atoms with Gasteiger partial charge in [-0.2, -0.15) is 9.13 Å². The average molecular weight is 448 g/mol. The lowest BCUT2D eigenvalue weighted by Crippen LogP contribution is -2.30. The average Bonchev–Trinajstić information content (AvgIpc) is 3.32. The standard InChI is InChI=1S/C26H14N4O4/c31-23-19-3-1-17(13-21(19)25(33)27-23)29-9-5-15(6-10-29)16-7-11-30(12-8-16)18-2-4-20-22(14-18)26(34)28-24(20)32/h1-14H/p+2. The summed E-state index contributed by atoms with van der Waals surface area (Å²) in [6.07, 6.45) is 7.57. The highest BCUT2D eigenvalue weighted by Gasteiger charge is 2.29. The smallest absolute Gasteiger partial charge is 0.259 e. The number of aromatic nitrogens is 2. The van der Waals surface area contributed by atoms with Crippen molar-refractivity contribution in [2.24, 2.45) is 0 Å². The van der Waals surface area contributed by atoms with Crippen molar-refractivity contribution in [3.8, 4) is 22.5 Å². The second-order valence-corrected chi connectivity index (χ2v) is 8.01. The highest BCUT2D eigenvalue weighted by atomic mass is 16.2. The van der Waals surface area contributed by atoms with Crippen LogP contribution >= 0.6 is 0 Å². The summed E-state index contributed by atoms with van der Waals surface area (Å²) in [5.74, 6) is -1.51. The quantitative estimate of drug-likeness (QED) is 0.368. The number of rotatable bonds is 3. The molecule has 4 aromatic rings. The van der Waals surface area contributed by atoms with E-state index in [1.165, 1.54) is 0 Å². The summed E-state index contributed by atoms with van der Waals surface area (Å²) in [4.78, 5) is 47.4. The third kappa shape index (κ3) is 3.08. The minimum absolute atomic E-state index is 0.371. The van der Waals surface area contributed by atoms with Gasteiger partial charge < -0.3 is 0 Å². The van der Waals surface area contributed by atoms with E-state index in [1.807, 2.05) is 58.2 Å². The molecular weight excluding hydrogens is 432 g/mol. The summed E-state index contributed by atoms with van der Waals surface area (Å²) >= 11 is 0. The maximum Gasteiger partial charge on any atom is 0.259 e. The number of carbonyl (C=O) groups is 4. The highest BCUT2D eigenvalue weighted by molar-refractivity contribution is 6.22. The van der Waals surface area contributed by atoms with Gasteiger partial charge in [0.2, 0.25) is 11.4 Å². The van der Waals surface area contributed by atoms with E-state index < -0.39 is 0 Å². The molecule has 34 heavy (non-hydrogen) atoms. The zero-order valence-electron chi connectivity index (χ0n) is 17.6. The SMILES string of the molecule is O=C1NC(=O)c2cc(-[n+]3ccc(-c4cc[n+](-c5ccc6c(c5)C(=O)NC6=O)cc4)cc3)ccc21. The first-order chi connectivity index (χ1) is 16.5. The van der Waals surface area contributed by atoms with E-state index in [0.717, 1.165) is 22.5 Å². The molecule has 2 aliphatic heterocycles. The molecule has 0 radical (unpaired) electrons. The maximum atomic E-state index is 11.9. The van der Waals surface area contributed by atoms with Gasteiger partial charge in [-0.25, -0.2) is 0 Å². The van der Waals surface area contributed by atoms with Gasteiger partial charge in [0.15, 0.2) is 24.8 Å². The third-order valence-electron chi connectivity index (χ3n) is 6.03. The number of carbonyl (C=O) groups excluding carboxylic acids is 4.